The highest BCUT2D eigenvalue weighted by Crippen LogP contribution is 2.43. The van der Waals surface area contributed by atoms with Crippen molar-refractivity contribution in [3.05, 3.63) is 39.0 Å². The van der Waals surface area contributed by atoms with Gasteiger partial charge in [-0.15, -0.1) is 0 Å². The number of hydrogen-bond donors (Lipinski definition) is 0. The molecule has 1 fully saturated rings. The number of benzene rings is 1. The van der Waals surface area contributed by atoms with E-state index in [0.29, 0.717) is 21.3 Å². The molecule has 18 heavy (non-hydrogen) atoms. The van der Waals surface area contributed by atoms with E-state index >= 15 is 0 Å². The van der Waals surface area contributed by atoms with E-state index in [1.165, 1.54) is 12.1 Å². The smallest absolute Gasteiger partial charge is 0.227 e. The van der Waals surface area contributed by atoms with Gasteiger partial charge in [-0.1, -0.05) is 12.2 Å². The van der Waals surface area contributed by atoms with Gasteiger partial charge in [0, 0.05) is 15.4 Å². The van der Waals surface area contributed by atoms with Crippen molar-refractivity contribution in [1.82, 2.24) is 0 Å². The van der Waals surface area contributed by atoms with Gasteiger partial charge in [0.15, 0.2) is 0 Å². The molecule has 0 saturated carbocycles. The standard InChI is InChI=1S/C13H10Br2FNO/c14-9-5-8(16)6-10(15)13(9)17-11-3-1-2-7(11)4-12(17)18/h1,3,5-7,11H,2,4H2/t7?,11-/m1/s1. The first-order valence-electron chi connectivity index (χ1n) is 5.71. The second-order valence-electron chi connectivity index (χ2n) is 4.60. The SMILES string of the molecule is O=C1CC2CC=C[C@H]2N1c1c(Br)cc(F)cc1Br. The van der Waals surface area contributed by atoms with Gasteiger partial charge in [0.05, 0.1) is 11.7 Å². The van der Waals surface area contributed by atoms with E-state index < -0.39 is 0 Å². The first-order valence-corrected chi connectivity index (χ1v) is 7.30. The van der Waals surface area contributed by atoms with E-state index in [1.54, 1.807) is 4.90 Å². The van der Waals surface area contributed by atoms with Crippen molar-refractivity contribution in [2.75, 3.05) is 4.90 Å². The fourth-order valence-corrected chi connectivity index (χ4v) is 4.23. The molecular formula is C13H10Br2FNO. The zero-order chi connectivity index (χ0) is 12.9. The van der Waals surface area contributed by atoms with Crippen LogP contribution in [0.15, 0.2) is 33.2 Å². The third-order valence-electron chi connectivity index (χ3n) is 3.48. The lowest BCUT2D eigenvalue weighted by atomic mass is 10.0. The molecule has 0 spiro atoms. The summed E-state index contributed by atoms with van der Waals surface area (Å²) in [5.41, 5.74) is 0.723. The second-order valence-corrected chi connectivity index (χ2v) is 6.31. The Morgan fingerprint density at radius 2 is 1.94 bits per heavy atom. The summed E-state index contributed by atoms with van der Waals surface area (Å²) in [6.07, 6.45) is 5.69. The zero-order valence-electron chi connectivity index (χ0n) is 9.37. The Balaban J connectivity index is 2.09. The summed E-state index contributed by atoms with van der Waals surface area (Å²) in [5, 5.41) is 0. The van der Waals surface area contributed by atoms with Crippen LogP contribution < -0.4 is 4.90 Å². The number of fused-ring (bicyclic) bond motifs is 1. The Morgan fingerprint density at radius 1 is 1.28 bits per heavy atom. The first kappa shape index (κ1) is 12.4. The van der Waals surface area contributed by atoms with Crippen LogP contribution in [0.1, 0.15) is 12.8 Å². The van der Waals surface area contributed by atoms with Gasteiger partial charge in [-0.25, -0.2) is 4.39 Å². The summed E-state index contributed by atoms with van der Waals surface area (Å²) in [4.78, 5) is 13.9. The van der Waals surface area contributed by atoms with Gasteiger partial charge in [0.25, 0.3) is 0 Å². The predicted molar refractivity (Wildman–Crippen MR) is 74.9 cm³/mol. The second kappa shape index (κ2) is 4.46. The average molecular weight is 375 g/mol. The van der Waals surface area contributed by atoms with Gasteiger partial charge in [-0.05, 0) is 56.3 Å². The van der Waals surface area contributed by atoms with Crippen LogP contribution in [0.25, 0.3) is 0 Å². The minimum absolute atomic E-state index is 0.0994. The van der Waals surface area contributed by atoms with Gasteiger partial charge < -0.3 is 4.90 Å². The van der Waals surface area contributed by atoms with Gasteiger partial charge in [-0.2, -0.15) is 0 Å². The minimum Gasteiger partial charge on any atom is -0.303 e. The molecule has 1 unspecified atom stereocenters. The highest BCUT2D eigenvalue weighted by atomic mass is 79.9. The summed E-state index contributed by atoms with van der Waals surface area (Å²) in [6, 6.07) is 2.88. The van der Waals surface area contributed by atoms with Gasteiger partial charge >= 0.3 is 0 Å². The largest absolute Gasteiger partial charge is 0.303 e. The molecule has 1 aliphatic heterocycles. The van der Waals surface area contributed by atoms with Crippen LogP contribution in [0.3, 0.4) is 0 Å². The van der Waals surface area contributed by atoms with Crippen molar-refractivity contribution in [3.8, 4) is 0 Å². The van der Waals surface area contributed by atoms with Crippen molar-refractivity contribution in [3.63, 3.8) is 0 Å². The molecule has 2 atom stereocenters. The third kappa shape index (κ3) is 1.84. The van der Waals surface area contributed by atoms with Crippen LogP contribution in [0.4, 0.5) is 10.1 Å². The number of carbonyl (C=O) groups is 1. The molecule has 1 saturated heterocycles. The zero-order valence-corrected chi connectivity index (χ0v) is 12.5. The molecule has 1 aliphatic carbocycles. The van der Waals surface area contributed by atoms with Crippen LogP contribution in [0.5, 0.6) is 0 Å². The van der Waals surface area contributed by atoms with E-state index in [2.05, 4.69) is 44.0 Å². The average Bonchev–Trinajstić information content (AvgIpc) is 2.80. The van der Waals surface area contributed by atoms with E-state index in [1.807, 2.05) is 0 Å². The molecule has 1 aromatic rings. The Labute approximate surface area is 121 Å². The number of rotatable bonds is 1. The van der Waals surface area contributed by atoms with Crippen LogP contribution in [-0.4, -0.2) is 11.9 Å². The van der Waals surface area contributed by atoms with Gasteiger partial charge in [-0.3, -0.25) is 4.79 Å². The number of halogens is 3. The summed E-state index contributed by atoms with van der Waals surface area (Å²) >= 11 is 6.69. The molecule has 0 radical (unpaired) electrons. The summed E-state index contributed by atoms with van der Waals surface area (Å²) in [6.45, 7) is 0. The fourth-order valence-electron chi connectivity index (χ4n) is 2.72. The highest BCUT2D eigenvalue weighted by molar-refractivity contribution is 9.11. The lowest BCUT2D eigenvalue weighted by molar-refractivity contribution is -0.117. The molecule has 0 bridgehead atoms. The minimum atomic E-state index is -0.331. The Morgan fingerprint density at radius 3 is 2.61 bits per heavy atom. The Hall–Kier alpha value is -0.680. The molecule has 1 amide bonds. The molecule has 0 aromatic heterocycles. The first-order chi connectivity index (χ1) is 8.58. The monoisotopic (exact) mass is 373 g/mol. The van der Waals surface area contributed by atoms with Crippen LogP contribution in [0.2, 0.25) is 0 Å². The van der Waals surface area contributed by atoms with E-state index in [-0.39, 0.29) is 17.8 Å². The van der Waals surface area contributed by atoms with Crippen molar-refractivity contribution in [2.45, 2.75) is 18.9 Å². The molecule has 2 nitrogen and oxygen atoms in total. The normalized spacial score (nSPS) is 25.9. The number of hydrogen-bond acceptors (Lipinski definition) is 1. The summed E-state index contributed by atoms with van der Waals surface area (Å²) in [7, 11) is 0. The van der Waals surface area contributed by atoms with Crippen LogP contribution in [0, 0.1) is 11.7 Å². The summed E-state index contributed by atoms with van der Waals surface area (Å²) in [5.74, 6) is 0.131. The maximum absolute atomic E-state index is 13.3. The van der Waals surface area contributed by atoms with E-state index in [9.17, 15) is 9.18 Å². The molecule has 1 aromatic carbocycles. The number of allylic oxidation sites excluding steroid dienone is 1. The molecule has 5 heteroatoms. The van der Waals surface area contributed by atoms with Crippen molar-refractivity contribution >= 4 is 43.5 Å². The number of carbonyl (C=O) groups excluding carboxylic acids is 1. The van der Waals surface area contributed by atoms with Crippen LogP contribution >= 0.6 is 31.9 Å². The van der Waals surface area contributed by atoms with E-state index in [0.717, 1.165) is 12.1 Å². The third-order valence-corrected chi connectivity index (χ3v) is 4.69. The van der Waals surface area contributed by atoms with Crippen molar-refractivity contribution in [2.24, 2.45) is 5.92 Å². The molecule has 0 N–H and O–H groups in total. The molecule has 1 heterocycles. The lowest BCUT2D eigenvalue weighted by Gasteiger charge is -2.25. The molecule has 3 rings (SSSR count). The van der Waals surface area contributed by atoms with Gasteiger partial charge in [0.1, 0.15) is 5.82 Å². The lowest BCUT2D eigenvalue weighted by Crippen LogP contribution is -2.33. The Bertz CT molecular complexity index is 535. The number of anilines is 1. The van der Waals surface area contributed by atoms with E-state index in [4.69, 9.17) is 0 Å². The summed E-state index contributed by atoms with van der Waals surface area (Å²) < 4.78 is 14.5. The molecule has 94 valence electrons. The number of nitrogens with zero attached hydrogens (tertiary/aromatic N) is 1. The highest BCUT2D eigenvalue weighted by Gasteiger charge is 2.42. The quantitative estimate of drug-likeness (QED) is 0.679. The maximum Gasteiger partial charge on any atom is 0.227 e. The van der Waals surface area contributed by atoms with Crippen LogP contribution in [-0.2, 0) is 4.79 Å². The Kier molecular flexibility index (Phi) is 3.06. The van der Waals surface area contributed by atoms with Gasteiger partial charge in [0.2, 0.25) is 5.91 Å². The molecular weight excluding hydrogens is 365 g/mol. The fraction of sp³-hybridized carbons (Fsp3) is 0.308. The number of amides is 1. The predicted octanol–water partition coefficient (Wildman–Crippen LogP) is 4.03. The van der Waals surface area contributed by atoms with Crippen molar-refractivity contribution < 1.29 is 9.18 Å². The maximum atomic E-state index is 13.3. The van der Waals surface area contributed by atoms with Crippen molar-refractivity contribution in [1.29, 1.82) is 0 Å². The topological polar surface area (TPSA) is 20.3 Å². The molecule has 2 aliphatic rings.